The highest BCUT2D eigenvalue weighted by Gasteiger charge is 2.13. The smallest absolute Gasteiger partial charge is 0.253 e. The van der Waals surface area contributed by atoms with E-state index in [0.717, 1.165) is 21.6 Å². The Bertz CT molecular complexity index is 660. The molecule has 0 saturated heterocycles. The minimum Gasteiger partial charge on any atom is -0.346 e. The predicted octanol–water partition coefficient (Wildman–Crippen LogP) is 3.97. The van der Waals surface area contributed by atoms with Crippen molar-refractivity contribution in [3.05, 3.63) is 45.1 Å². The monoisotopic (exact) mass is 387 g/mol. The normalized spacial score (nSPS) is 10.7. The fraction of sp³-hybridized carbons (Fsp3) is 0.286. The van der Waals surface area contributed by atoms with Gasteiger partial charge < -0.3 is 5.32 Å². The molecule has 1 aromatic carbocycles. The fourth-order valence-electron chi connectivity index (χ4n) is 1.90. The summed E-state index contributed by atoms with van der Waals surface area (Å²) in [6.45, 7) is 3.15. The van der Waals surface area contributed by atoms with Gasteiger partial charge in [0.15, 0.2) is 0 Å². The van der Waals surface area contributed by atoms with Crippen LogP contribution < -0.4 is 5.32 Å². The van der Waals surface area contributed by atoms with Gasteiger partial charge in [0.1, 0.15) is 0 Å². The van der Waals surface area contributed by atoms with E-state index in [2.05, 4.69) is 26.3 Å². The third kappa shape index (κ3) is 3.81. The number of nitrogens with one attached hydrogen (secondary N) is 1. The van der Waals surface area contributed by atoms with E-state index in [0.29, 0.717) is 17.1 Å². The van der Waals surface area contributed by atoms with Gasteiger partial charge in [0.25, 0.3) is 5.91 Å². The number of rotatable bonds is 5. The largest absolute Gasteiger partial charge is 0.346 e. The first-order valence-electron chi connectivity index (χ1n) is 6.38. The van der Waals surface area contributed by atoms with Gasteiger partial charge in [-0.1, -0.05) is 11.6 Å². The van der Waals surface area contributed by atoms with Crippen molar-refractivity contribution in [3.8, 4) is 0 Å². The highest BCUT2D eigenvalue weighted by molar-refractivity contribution is 9.10. The average molecular weight is 389 g/mol. The van der Waals surface area contributed by atoms with Crippen LogP contribution in [0.5, 0.6) is 0 Å². The van der Waals surface area contributed by atoms with Crippen LogP contribution in [0.3, 0.4) is 0 Å². The van der Waals surface area contributed by atoms with Crippen molar-refractivity contribution in [2.45, 2.75) is 24.9 Å². The third-order valence-electron chi connectivity index (χ3n) is 3.03. The van der Waals surface area contributed by atoms with Gasteiger partial charge in [-0.2, -0.15) is 5.10 Å². The number of hydrogen-bond donors (Lipinski definition) is 1. The molecule has 0 atom stereocenters. The summed E-state index contributed by atoms with van der Waals surface area (Å²) in [5, 5.41) is 7.56. The number of carbonyl (C=O) groups is 1. The van der Waals surface area contributed by atoms with Gasteiger partial charge in [-0.25, -0.2) is 0 Å². The summed E-state index contributed by atoms with van der Waals surface area (Å²) < 4.78 is 2.72. The van der Waals surface area contributed by atoms with E-state index < -0.39 is 0 Å². The molecule has 112 valence electrons. The maximum Gasteiger partial charge on any atom is 0.253 e. The zero-order valence-corrected chi connectivity index (χ0v) is 14.8. The second-order valence-corrected chi connectivity index (χ2v) is 6.42. The van der Waals surface area contributed by atoms with E-state index in [1.165, 1.54) is 0 Å². The molecular formula is C14H15BrClN3OS. The molecular weight excluding hydrogens is 374 g/mol. The van der Waals surface area contributed by atoms with Crippen molar-refractivity contribution in [2.24, 2.45) is 0 Å². The molecule has 2 aromatic rings. The zero-order chi connectivity index (χ0) is 15.4. The van der Waals surface area contributed by atoms with E-state index >= 15 is 0 Å². The van der Waals surface area contributed by atoms with Crippen LogP contribution in [0.4, 0.5) is 0 Å². The van der Waals surface area contributed by atoms with Crippen molar-refractivity contribution in [1.82, 2.24) is 15.1 Å². The SMILES string of the molecule is CCn1ncc(Br)c1CNC(=O)c1cc(SC)ccc1Cl. The standard InChI is InChI=1S/C14H15BrClN3OS/c1-3-19-13(11(15)7-18-19)8-17-14(20)10-6-9(21-2)4-5-12(10)16/h4-7H,3,8H2,1-2H3,(H,17,20). The molecule has 1 aromatic heterocycles. The van der Waals surface area contributed by atoms with E-state index in [-0.39, 0.29) is 5.91 Å². The van der Waals surface area contributed by atoms with Crippen molar-refractivity contribution >= 4 is 45.2 Å². The lowest BCUT2D eigenvalue weighted by atomic mass is 10.2. The summed E-state index contributed by atoms with van der Waals surface area (Å²) in [5.74, 6) is -0.188. The lowest BCUT2D eigenvalue weighted by Gasteiger charge is -2.10. The Kier molecular flexibility index (Phi) is 5.72. The molecule has 7 heteroatoms. The molecule has 1 amide bonds. The fourth-order valence-corrected chi connectivity index (χ4v) is 2.98. The number of halogens is 2. The van der Waals surface area contributed by atoms with Crippen molar-refractivity contribution in [1.29, 1.82) is 0 Å². The lowest BCUT2D eigenvalue weighted by molar-refractivity contribution is 0.0949. The molecule has 21 heavy (non-hydrogen) atoms. The van der Waals surface area contributed by atoms with Crippen LogP contribution in [0.2, 0.25) is 5.02 Å². The molecule has 4 nitrogen and oxygen atoms in total. The minimum absolute atomic E-state index is 0.188. The molecule has 0 unspecified atom stereocenters. The number of aromatic nitrogens is 2. The van der Waals surface area contributed by atoms with E-state index in [9.17, 15) is 4.79 Å². The Morgan fingerprint density at radius 3 is 2.95 bits per heavy atom. The summed E-state index contributed by atoms with van der Waals surface area (Å²) in [4.78, 5) is 13.3. The number of thioether (sulfide) groups is 1. The summed E-state index contributed by atoms with van der Waals surface area (Å²) in [6.07, 6.45) is 3.69. The van der Waals surface area contributed by atoms with Gasteiger partial charge >= 0.3 is 0 Å². The molecule has 0 bridgehead atoms. The molecule has 0 radical (unpaired) electrons. The van der Waals surface area contributed by atoms with Crippen molar-refractivity contribution < 1.29 is 4.79 Å². The Balaban J connectivity index is 2.13. The predicted molar refractivity (Wildman–Crippen MR) is 90.0 cm³/mol. The summed E-state index contributed by atoms with van der Waals surface area (Å²) >= 11 is 11.1. The van der Waals surface area contributed by atoms with Gasteiger partial charge in [0.05, 0.1) is 33.5 Å². The van der Waals surface area contributed by atoms with Crippen LogP contribution in [-0.4, -0.2) is 21.9 Å². The van der Waals surface area contributed by atoms with Crippen LogP contribution in [0.15, 0.2) is 33.8 Å². The summed E-state index contributed by atoms with van der Waals surface area (Å²) in [7, 11) is 0. The van der Waals surface area contributed by atoms with Crippen LogP contribution >= 0.6 is 39.3 Å². The number of hydrogen-bond acceptors (Lipinski definition) is 3. The number of nitrogens with zero attached hydrogens (tertiary/aromatic N) is 2. The Labute approximate surface area is 141 Å². The summed E-state index contributed by atoms with van der Waals surface area (Å²) in [6, 6.07) is 5.44. The van der Waals surface area contributed by atoms with Crippen molar-refractivity contribution in [2.75, 3.05) is 6.26 Å². The van der Waals surface area contributed by atoms with Crippen LogP contribution in [0.1, 0.15) is 23.0 Å². The van der Waals surface area contributed by atoms with Crippen molar-refractivity contribution in [3.63, 3.8) is 0 Å². The molecule has 0 aliphatic rings. The molecule has 0 fully saturated rings. The topological polar surface area (TPSA) is 46.9 Å². The molecule has 0 saturated carbocycles. The second-order valence-electron chi connectivity index (χ2n) is 4.28. The van der Waals surface area contributed by atoms with E-state index in [1.54, 1.807) is 30.1 Å². The Morgan fingerprint density at radius 1 is 1.52 bits per heavy atom. The van der Waals surface area contributed by atoms with Crippen LogP contribution in [0.25, 0.3) is 0 Å². The zero-order valence-electron chi connectivity index (χ0n) is 11.7. The first-order chi connectivity index (χ1) is 10.1. The average Bonchev–Trinajstić information content (AvgIpc) is 2.85. The highest BCUT2D eigenvalue weighted by Crippen LogP contribution is 2.23. The number of amides is 1. The summed E-state index contributed by atoms with van der Waals surface area (Å²) in [5.41, 5.74) is 1.42. The molecule has 0 spiro atoms. The minimum atomic E-state index is -0.188. The second kappa shape index (κ2) is 7.33. The van der Waals surface area contributed by atoms with Gasteiger partial charge in [0.2, 0.25) is 0 Å². The molecule has 1 N–H and O–H groups in total. The maximum atomic E-state index is 12.3. The lowest BCUT2D eigenvalue weighted by Crippen LogP contribution is -2.25. The highest BCUT2D eigenvalue weighted by atomic mass is 79.9. The van der Waals surface area contributed by atoms with E-state index in [4.69, 9.17) is 11.6 Å². The third-order valence-corrected chi connectivity index (χ3v) is 4.75. The molecule has 1 heterocycles. The van der Waals surface area contributed by atoms with Gasteiger partial charge in [-0.05, 0) is 47.3 Å². The maximum absolute atomic E-state index is 12.3. The van der Waals surface area contributed by atoms with Gasteiger partial charge in [0, 0.05) is 11.4 Å². The molecule has 0 aliphatic heterocycles. The van der Waals surface area contributed by atoms with E-state index in [1.807, 2.05) is 23.9 Å². The van der Waals surface area contributed by atoms with Crippen LogP contribution in [0, 0.1) is 0 Å². The van der Waals surface area contributed by atoms with Gasteiger partial charge in [-0.15, -0.1) is 11.8 Å². The first kappa shape index (κ1) is 16.4. The number of benzene rings is 1. The molecule has 2 rings (SSSR count). The molecule has 0 aliphatic carbocycles. The number of carbonyl (C=O) groups excluding carboxylic acids is 1. The first-order valence-corrected chi connectivity index (χ1v) is 8.78. The van der Waals surface area contributed by atoms with Gasteiger partial charge in [-0.3, -0.25) is 9.48 Å². The Hall–Kier alpha value is -0.980. The Morgan fingerprint density at radius 2 is 2.29 bits per heavy atom. The number of aryl methyl sites for hydroxylation is 1. The van der Waals surface area contributed by atoms with Crippen LogP contribution in [-0.2, 0) is 13.1 Å². The quantitative estimate of drug-likeness (QED) is 0.788.